The molecule has 0 radical (unpaired) electrons. The highest BCUT2D eigenvalue weighted by Gasteiger charge is 2.20. The van der Waals surface area contributed by atoms with Crippen molar-refractivity contribution in [2.75, 3.05) is 6.61 Å². The Morgan fingerprint density at radius 2 is 1.72 bits per heavy atom. The lowest BCUT2D eigenvalue weighted by atomic mass is 9.94. The van der Waals surface area contributed by atoms with Crippen LogP contribution in [0.3, 0.4) is 0 Å². The van der Waals surface area contributed by atoms with E-state index in [2.05, 4.69) is 5.32 Å². The fourth-order valence-corrected chi connectivity index (χ4v) is 1.47. The molecule has 0 saturated heterocycles. The van der Waals surface area contributed by atoms with E-state index in [9.17, 15) is 4.79 Å². The van der Waals surface area contributed by atoms with Gasteiger partial charge in [-0.25, -0.2) is 0 Å². The number of carbonyl (C=O) groups excluding carboxylic acids is 1. The average molecular weight is 250 g/mol. The van der Waals surface area contributed by atoms with Crippen molar-refractivity contribution >= 4 is 5.91 Å². The molecule has 0 aliphatic heterocycles. The van der Waals surface area contributed by atoms with Crippen LogP contribution in [0.4, 0.5) is 0 Å². The summed E-state index contributed by atoms with van der Waals surface area (Å²) in [4.78, 5) is 11.9. The van der Waals surface area contributed by atoms with Crippen LogP contribution >= 0.6 is 0 Å². The van der Waals surface area contributed by atoms with Crippen LogP contribution in [0.15, 0.2) is 24.3 Å². The number of nitrogens with one attached hydrogen (secondary N) is 1. The van der Waals surface area contributed by atoms with Crippen LogP contribution in [0.2, 0.25) is 0 Å². The smallest absolute Gasteiger partial charge is 0.251 e. The Labute approximate surface area is 108 Å². The predicted molar refractivity (Wildman–Crippen MR) is 72.3 cm³/mol. The summed E-state index contributed by atoms with van der Waals surface area (Å²) in [7, 11) is 0. The second-order valence-corrected chi connectivity index (χ2v) is 5.80. The number of carbonyl (C=O) groups is 1. The summed E-state index contributed by atoms with van der Waals surface area (Å²) in [6.07, 6.45) is 0. The standard InChI is InChI=1S/C14H22N2O2/c1-13(2,9-17)16-12(18)10-5-7-11(8-6-10)14(3,4)15/h5-8,17H,9,15H2,1-4H3,(H,16,18). The third kappa shape index (κ3) is 3.82. The highest BCUT2D eigenvalue weighted by atomic mass is 16.3. The molecule has 1 aromatic rings. The maximum atomic E-state index is 11.9. The van der Waals surface area contributed by atoms with Gasteiger partial charge in [-0.3, -0.25) is 4.79 Å². The summed E-state index contributed by atoms with van der Waals surface area (Å²) in [5.74, 6) is -0.199. The monoisotopic (exact) mass is 250 g/mol. The summed E-state index contributed by atoms with van der Waals surface area (Å²) in [5.41, 5.74) is 6.47. The SMILES string of the molecule is CC(C)(CO)NC(=O)c1ccc(C(C)(C)N)cc1. The molecule has 0 saturated carbocycles. The van der Waals surface area contributed by atoms with E-state index < -0.39 is 11.1 Å². The van der Waals surface area contributed by atoms with Crippen molar-refractivity contribution in [2.24, 2.45) is 5.73 Å². The van der Waals surface area contributed by atoms with Crippen molar-refractivity contribution in [3.8, 4) is 0 Å². The zero-order valence-corrected chi connectivity index (χ0v) is 11.4. The Balaban J connectivity index is 2.83. The Kier molecular flexibility index (Phi) is 4.14. The van der Waals surface area contributed by atoms with Gasteiger partial charge in [0.05, 0.1) is 12.1 Å². The first kappa shape index (κ1) is 14.7. The van der Waals surface area contributed by atoms with E-state index >= 15 is 0 Å². The molecule has 0 fully saturated rings. The zero-order chi connectivity index (χ0) is 14.0. The number of aliphatic hydroxyl groups excluding tert-OH is 1. The third-order valence-electron chi connectivity index (χ3n) is 2.74. The van der Waals surface area contributed by atoms with Gasteiger partial charge in [0.2, 0.25) is 0 Å². The van der Waals surface area contributed by atoms with Crippen LogP contribution < -0.4 is 11.1 Å². The molecule has 18 heavy (non-hydrogen) atoms. The molecule has 0 aliphatic rings. The van der Waals surface area contributed by atoms with Gasteiger partial charge in [0, 0.05) is 11.1 Å². The molecule has 0 aromatic heterocycles. The van der Waals surface area contributed by atoms with Gasteiger partial charge in [0.15, 0.2) is 0 Å². The molecule has 1 rings (SSSR count). The first-order valence-corrected chi connectivity index (χ1v) is 5.98. The minimum absolute atomic E-state index is 0.105. The van der Waals surface area contributed by atoms with Crippen LogP contribution in [0.25, 0.3) is 0 Å². The summed E-state index contributed by atoms with van der Waals surface area (Å²) < 4.78 is 0. The van der Waals surface area contributed by atoms with E-state index in [1.165, 1.54) is 0 Å². The summed E-state index contributed by atoms with van der Waals surface area (Å²) in [6, 6.07) is 7.18. The van der Waals surface area contributed by atoms with E-state index in [4.69, 9.17) is 10.8 Å². The molecule has 4 N–H and O–H groups in total. The van der Waals surface area contributed by atoms with E-state index in [-0.39, 0.29) is 12.5 Å². The van der Waals surface area contributed by atoms with E-state index in [0.717, 1.165) is 5.56 Å². The lowest BCUT2D eigenvalue weighted by Gasteiger charge is -2.24. The number of nitrogens with two attached hydrogens (primary N) is 1. The van der Waals surface area contributed by atoms with Gasteiger partial charge in [-0.1, -0.05) is 12.1 Å². The zero-order valence-electron chi connectivity index (χ0n) is 11.4. The number of rotatable bonds is 4. The van der Waals surface area contributed by atoms with Crippen LogP contribution in [0, 0.1) is 0 Å². The Hall–Kier alpha value is -1.39. The molecule has 1 amide bonds. The van der Waals surface area contributed by atoms with Gasteiger partial charge < -0.3 is 16.2 Å². The Morgan fingerprint density at radius 3 is 2.11 bits per heavy atom. The summed E-state index contributed by atoms with van der Waals surface area (Å²) in [6.45, 7) is 7.26. The van der Waals surface area contributed by atoms with Crippen molar-refractivity contribution < 1.29 is 9.90 Å². The van der Waals surface area contributed by atoms with Crippen LogP contribution in [0.5, 0.6) is 0 Å². The molecule has 0 unspecified atom stereocenters. The molecule has 100 valence electrons. The van der Waals surface area contributed by atoms with E-state index in [1.54, 1.807) is 26.0 Å². The van der Waals surface area contributed by atoms with Gasteiger partial charge in [-0.05, 0) is 45.4 Å². The van der Waals surface area contributed by atoms with Gasteiger partial charge in [-0.2, -0.15) is 0 Å². The number of hydrogen-bond acceptors (Lipinski definition) is 3. The van der Waals surface area contributed by atoms with E-state index in [1.807, 2.05) is 26.0 Å². The first-order valence-electron chi connectivity index (χ1n) is 5.98. The third-order valence-corrected chi connectivity index (χ3v) is 2.74. The molecule has 0 bridgehead atoms. The highest BCUT2D eigenvalue weighted by Crippen LogP contribution is 2.17. The Bertz CT molecular complexity index is 416. The molecule has 4 nitrogen and oxygen atoms in total. The Morgan fingerprint density at radius 1 is 1.22 bits per heavy atom. The molecular formula is C14H22N2O2. The predicted octanol–water partition coefficient (Wildman–Crippen LogP) is 1.38. The summed E-state index contributed by atoms with van der Waals surface area (Å²) >= 11 is 0. The van der Waals surface area contributed by atoms with Crippen molar-refractivity contribution in [3.05, 3.63) is 35.4 Å². The second kappa shape index (κ2) is 5.08. The largest absolute Gasteiger partial charge is 0.394 e. The maximum absolute atomic E-state index is 11.9. The lowest BCUT2D eigenvalue weighted by Crippen LogP contribution is -2.46. The van der Waals surface area contributed by atoms with Gasteiger partial charge >= 0.3 is 0 Å². The van der Waals surface area contributed by atoms with Crippen molar-refractivity contribution in [3.63, 3.8) is 0 Å². The number of hydrogen-bond donors (Lipinski definition) is 3. The van der Waals surface area contributed by atoms with Crippen molar-refractivity contribution in [1.82, 2.24) is 5.32 Å². The lowest BCUT2D eigenvalue weighted by molar-refractivity contribution is 0.0869. The maximum Gasteiger partial charge on any atom is 0.251 e. The second-order valence-electron chi connectivity index (χ2n) is 5.80. The number of benzene rings is 1. The minimum atomic E-state index is -0.622. The molecule has 0 aliphatic carbocycles. The molecule has 0 atom stereocenters. The minimum Gasteiger partial charge on any atom is -0.394 e. The molecule has 0 spiro atoms. The van der Waals surface area contributed by atoms with Crippen molar-refractivity contribution in [1.29, 1.82) is 0 Å². The number of aliphatic hydroxyl groups is 1. The normalized spacial score (nSPS) is 12.3. The summed E-state index contributed by atoms with van der Waals surface area (Å²) in [5, 5.41) is 11.9. The fraction of sp³-hybridized carbons (Fsp3) is 0.500. The van der Waals surface area contributed by atoms with Crippen LogP contribution in [0.1, 0.15) is 43.6 Å². The molecule has 4 heteroatoms. The van der Waals surface area contributed by atoms with Gasteiger partial charge in [-0.15, -0.1) is 0 Å². The van der Waals surface area contributed by atoms with Crippen LogP contribution in [-0.2, 0) is 5.54 Å². The van der Waals surface area contributed by atoms with E-state index in [0.29, 0.717) is 5.56 Å². The fourth-order valence-electron chi connectivity index (χ4n) is 1.47. The highest BCUT2D eigenvalue weighted by molar-refractivity contribution is 5.94. The molecule has 0 heterocycles. The quantitative estimate of drug-likeness (QED) is 0.755. The molecular weight excluding hydrogens is 228 g/mol. The average Bonchev–Trinajstić information content (AvgIpc) is 2.27. The first-order chi connectivity index (χ1) is 8.15. The number of amides is 1. The van der Waals surface area contributed by atoms with Gasteiger partial charge in [0.1, 0.15) is 0 Å². The van der Waals surface area contributed by atoms with Crippen molar-refractivity contribution in [2.45, 2.75) is 38.8 Å². The molecule has 1 aromatic carbocycles. The van der Waals surface area contributed by atoms with Gasteiger partial charge in [0.25, 0.3) is 5.91 Å². The van der Waals surface area contributed by atoms with Crippen LogP contribution in [-0.4, -0.2) is 23.2 Å². The topological polar surface area (TPSA) is 75.3 Å².